The maximum absolute atomic E-state index is 12.7. The highest BCUT2D eigenvalue weighted by molar-refractivity contribution is 6.01. The summed E-state index contributed by atoms with van der Waals surface area (Å²) in [5, 5.41) is 11.3. The summed E-state index contributed by atoms with van der Waals surface area (Å²) in [5.41, 5.74) is 5.00. The van der Waals surface area contributed by atoms with Gasteiger partial charge in [-0.1, -0.05) is 30.3 Å². The number of carbonyl (C=O) groups excluding carboxylic acids is 1. The predicted molar refractivity (Wildman–Crippen MR) is 116 cm³/mol. The topological polar surface area (TPSA) is 68.2 Å². The van der Waals surface area contributed by atoms with E-state index in [2.05, 4.69) is 10.6 Å². The van der Waals surface area contributed by atoms with Crippen LogP contribution in [0, 0.1) is 0 Å². The van der Waals surface area contributed by atoms with E-state index in [-0.39, 0.29) is 5.91 Å². The number of carbonyl (C=O) groups is 1. The fourth-order valence-corrected chi connectivity index (χ4v) is 3.65. The van der Waals surface area contributed by atoms with Crippen LogP contribution in [0.1, 0.15) is 22.1 Å². The molecule has 0 saturated heterocycles. The van der Waals surface area contributed by atoms with Crippen molar-refractivity contribution in [2.45, 2.75) is 6.17 Å². The molecule has 6 nitrogen and oxygen atoms in total. The number of hydrogen-bond donors (Lipinski definition) is 2. The van der Waals surface area contributed by atoms with Crippen molar-refractivity contribution >= 4 is 11.6 Å². The maximum Gasteiger partial charge on any atom is 0.255 e. The van der Waals surface area contributed by atoms with Gasteiger partial charge in [0, 0.05) is 23.0 Å². The van der Waals surface area contributed by atoms with Gasteiger partial charge in [-0.15, -0.1) is 0 Å². The Kier molecular flexibility index (Phi) is 4.44. The van der Waals surface area contributed by atoms with Gasteiger partial charge in [0.15, 0.2) is 0 Å². The molecule has 148 valence electrons. The number of rotatable bonds is 4. The first-order valence-corrected chi connectivity index (χ1v) is 9.69. The average molecular weight is 396 g/mol. The van der Waals surface area contributed by atoms with E-state index in [9.17, 15) is 4.79 Å². The normalized spacial score (nSPS) is 15.1. The van der Waals surface area contributed by atoms with E-state index in [0.717, 1.165) is 33.9 Å². The largest absolute Gasteiger partial charge is 0.497 e. The number of nitrogens with one attached hydrogen (secondary N) is 2. The Bertz CT molecular complexity index is 1200. The van der Waals surface area contributed by atoms with E-state index < -0.39 is 6.17 Å². The quantitative estimate of drug-likeness (QED) is 0.536. The number of nitrogens with zero attached hydrogens (tertiary/aromatic N) is 2. The van der Waals surface area contributed by atoms with Gasteiger partial charge in [-0.2, -0.15) is 5.10 Å². The molecule has 1 aliphatic heterocycles. The second kappa shape index (κ2) is 7.40. The van der Waals surface area contributed by atoms with Crippen LogP contribution in [0.5, 0.6) is 5.75 Å². The molecular weight excluding hydrogens is 376 g/mol. The Labute approximate surface area is 174 Å². The van der Waals surface area contributed by atoms with E-state index in [1.54, 1.807) is 7.11 Å². The van der Waals surface area contributed by atoms with Gasteiger partial charge >= 0.3 is 0 Å². The van der Waals surface area contributed by atoms with Gasteiger partial charge in [0.25, 0.3) is 5.91 Å². The zero-order valence-electron chi connectivity index (χ0n) is 16.4. The minimum absolute atomic E-state index is 0.109. The van der Waals surface area contributed by atoms with Crippen LogP contribution in [0.15, 0.2) is 85.1 Å². The summed E-state index contributed by atoms with van der Waals surface area (Å²) in [6, 6.07) is 25.2. The molecule has 2 heterocycles. The minimum Gasteiger partial charge on any atom is -0.497 e. The first-order valence-electron chi connectivity index (χ1n) is 9.69. The Balaban J connectivity index is 1.61. The van der Waals surface area contributed by atoms with Gasteiger partial charge in [-0.25, -0.2) is 4.68 Å². The molecule has 0 saturated carbocycles. The number of para-hydroxylation sites is 2. The van der Waals surface area contributed by atoms with Crippen molar-refractivity contribution < 1.29 is 9.53 Å². The minimum atomic E-state index is -0.401. The Hall–Kier alpha value is -4.06. The lowest BCUT2D eigenvalue weighted by Gasteiger charge is -2.27. The SMILES string of the molecule is COc1ccc(-c2nn(-c3ccccc3)cc2[C@@H]2NC(=O)c3ccccc3N2)cc1. The average Bonchev–Trinajstić information content (AvgIpc) is 3.25. The Morgan fingerprint density at radius 3 is 2.40 bits per heavy atom. The van der Waals surface area contributed by atoms with E-state index in [0.29, 0.717) is 5.56 Å². The van der Waals surface area contributed by atoms with Crippen LogP contribution < -0.4 is 15.4 Å². The molecule has 5 rings (SSSR count). The summed E-state index contributed by atoms with van der Waals surface area (Å²) < 4.78 is 7.12. The monoisotopic (exact) mass is 396 g/mol. The van der Waals surface area contributed by atoms with Crippen molar-refractivity contribution in [3.8, 4) is 22.7 Å². The number of anilines is 1. The molecular formula is C24H20N4O2. The summed E-state index contributed by atoms with van der Waals surface area (Å²) in [6.45, 7) is 0. The van der Waals surface area contributed by atoms with Gasteiger partial charge in [-0.3, -0.25) is 4.79 Å². The predicted octanol–water partition coefficient (Wildman–Crippen LogP) is 4.40. The first kappa shape index (κ1) is 18.0. The number of ether oxygens (including phenoxy) is 1. The van der Waals surface area contributed by atoms with Crippen LogP contribution >= 0.6 is 0 Å². The molecule has 4 aromatic rings. The molecule has 0 spiro atoms. The molecule has 0 aliphatic carbocycles. The number of fused-ring (bicyclic) bond motifs is 1. The molecule has 0 unspecified atom stereocenters. The summed E-state index contributed by atoms with van der Waals surface area (Å²) in [7, 11) is 1.64. The lowest BCUT2D eigenvalue weighted by Crippen LogP contribution is -2.38. The second-order valence-corrected chi connectivity index (χ2v) is 7.04. The summed E-state index contributed by atoms with van der Waals surface area (Å²) in [5.74, 6) is 0.670. The van der Waals surface area contributed by atoms with Crippen molar-refractivity contribution in [2.24, 2.45) is 0 Å². The third kappa shape index (κ3) is 3.18. The van der Waals surface area contributed by atoms with Gasteiger partial charge in [0.1, 0.15) is 11.9 Å². The molecule has 1 aliphatic rings. The summed E-state index contributed by atoms with van der Waals surface area (Å²) in [4.78, 5) is 12.7. The fraction of sp³-hybridized carbons (Fsp3) is 0.0833. The zero-order valence-corrected chi connectivity index (χ0v) is 16.4. The highest BCUT2D eigenvalue weighted by Crippen LogP contribution is 2.33. The van der Waals surface area contributed by atoms with E-state index in [4.69, 9.17) is 9.84 Å². The summed E-state index contributed by atoms with van der Waals surface area (Å²) in [6.07, 6.45) is 1.56. The van der Waals surface area contributed by atoms with Crippen LogP contribution in [0.3, 0.4) is 0 Å². The number of methoxy groups -OCH3 is 1. The molecule has 0 radical (unpaired) electrons. The molecule has 2 N–H and O–H groups in total. The lowest BCUT2D eigenvalue weighted by molar-refractivity contribution is 0.0936. The molecule has 3 aromatic carbocycles. The van der Waals surface area contributed by atoms with E-state index in [1.165, 1.54) is 0 Å². The van der Waals surface area contributed by atoms with Crippen LogP contribution in [-0.2, 0) is 0 Å². The van der Waals surface area contributed by atoms with Gasteiger partial charge in [0.05, 0.1) is 24.1 Å². The third-order valence-electron chi connectivity index (χ3n) is 5.18. The first-order chi connectivity index (χ1) is 14.7. The molecule has 1 amide bonds. The molecule has 0 fully saturated rings. The zero-order chi connectivity index (χ0) is 20.5. The van der Waals surface area contributed by atoms with Gasteiger partial charge in [-0.05, 0) is 48.5 Å². The third-order valence-corrected chi connectivity index (χ3v) is 5.18. The highest BCUT2D eigenvalue weighted by Gasteiger charge is 2.28. The number of benzene rings is 3. The van der Waals surface area contributed by atoms with Crippen LogP contribution in [0.25, 0.3) is 16.9 Å². The van der Waals surface area contributed by atoms with Crippen molar-refractivity contribution in [3.63, 3.8) is 0 Å². The van der Waals surface area contributed by atoms with Crippen molar-refractivity contribution in [3.05, 3.63) is 96.2 Å². The standard InChI is InChI=1S/C24H20N4O2/c1-30-18-13-11-16(12-14-18)22-20(15-28(27-22)17-7-3-2-4-8-17)23-25-21-10-6-5-9-19(21)24(29)26-23/h2-15,23,25H,1H3,(H,26,29)/t23-/m0/s1. The Morgan fingerprint density at radius 1 is 0.900 bits per heavy atom. The van der Waals surface area contributed by atoms with Crippen LogP contribution in [-0.4, -0.2) is 22.8 Å². The van der Waals surface area contributed by atoms with E-state index >= 15 is 0 Å². The molecule has 30 heavy (non-hydrogen) atoms. The second-order valence-electron chi connectivity index (χ2n) is 7.04. The molecule has 6 heteroatoms. The molecule has 1 aromatic heterocycles. The van der Waals surface area contributed by atoms with Gasteiger partial charge < -0.3 is 15.4 Å². The smallest absolute Gasteiger partial charge is 0.255 e. The Morgan fingerprint density at radius 2 is 1.63 bits per heavy atom. The van der Waals surface area contributed by atoms with Crippen molar-refractivity contribution in [1.82, 2.24) is 15.1 Å². The lowest BCUT2D eigenvalue weighted by atomic mass is 10.0. The fourth-order valence-electron chi connectivity index (χ4n) is 3.65. The molecule has 0 bridgehead atoms. The molecule has 1 atom stereocenters. The van der Waals surface area contributed by atoms with Crippen LogP contribution in [0.2, 0.25) is 0 Å². The van der Waals surface area contributed by atoms with Crippen LogP contribution in [0.4, 0.5) is 5.69 Å². The van der Waals surface area contributed by atoms with Gasteiger partial charge in [0.2, 0.25) is 0 Å². The van der Waals surface area contributed by atoms with Crippen molar-refractivity contribution in [2.75, 3.05) is 12.4 Å². The number of amides is 1. The summed E-state index contributed by atoms with van der Waals surface area (Å²) >= 11 is 0. The number of hydrogen-bond acceptors (Lipinski definition) is 4. The van der Waals surface area contributed by atoms with E-state index in [1.807, 2.05) is 89.7 Å². The van der Waals surface area contributed by atoms with Crippen molar-refractivity contribution in [1.29, 1.82) is 0 Å². The maximum atomic E-state index is 12.7. The highest BCUT2D eigenvalue weighted by atomic mass is 16.5. The number of aromatic nitrogens is 2.